The third-order valence-electron chi connectivity index (χ3n) is 2.37. The topological polar surface area (TPSA) is 70.3 Å². The van der Waals surface area contributed by atoms with Gasteiger partial charge in [-0.15, -0.1) is 0 Å². The molecule has 96 valence electrons. The highest BCUT2D eigenvalue weighted by Gasteiger charge is 2.03. The van der Waals surface area contributed by atoms with Crippen molar-refractivity contribution >= 4 is 11.6 Å². The van der Waals surface area contributed by atoms with Crippen molar-refractivity contribution in [2.24, 2.45) is 5.73 Å². The number of likely N-dealkylation sites (N-methyl/N-ethyl adjacent to an activating group) is 2. The van der Waals surface area contributed by atoms with Crippen LogP contribution in [0.5, 0.6) is 0 Å². The van der Waals surface area contributed by atoms with Gasteiger partial charge >= 0.3 is 0 Å². The lowest BCUT2D eigenvalue weighted by atomic mass is 10.4. The summed E-state index contributed by atoms with van der Waals surface area (Å²) in [4.78, 5) is 12.5. The minimum Gasteiger partial charge on any atom is -0.369 e. The molecule has 3 N–H and O–H groups in total. The number of nitrogens with one attached hydrogen (secondary N) is 1. The predicted octanol–water partition coefficient (Wildman–Crippen LogP) is -0.155. The van der Waals surface area contributed by atoms with E-state index in [9.17, 15) is 0 Å². The third kappa shape index (κ3) is 4.97. The fourth-order valence-corrected chi connectivity index (χ4v) is 1.37. The fraction of sp³-hybridized carbons (Fsp3) is 0.636. The molecule has 0 bridgehead atoms. The Morgan fingerprint density at radius 3 is 2.65 bits per heavy atom. The molecule has 0 amide bonds. The monoisotopic (exact) mass is 238 g/mol. The van der Waals surface area contributed by atoms with E-state index in [4.69, 9.17) is 5.73 Å². The molecule has 0 saturated carbocycles. The second-order valence-corrected chi connectivity index (χ2v) is 4.20. The summed E-state index contributed by atoms with van der Waals surface area (Å²) in [6, 6.07) is 1.94. The Bertz CT molecular complexity index is 327. The highest BCUT2D eigenvalue weighted by Crippen LogP contribution is 2.11. The molecule has 1 aromatic rings. The van der Waals surface area contributed by atoms with Gasteiger partial charge in [0.05, 0.1) is 0 Å². The van der Waals surface area contributed by atoms with Gasteiger partial charge in [0.1, 0.15) is 18.0 Å². The van der Waals surface area contributed by atoms with Gasteiger partial charge in [-0.1, -0.05) is 0 Å². The lowest BCUT2D eigenvalue weighted by molar-refractivity contribution is 0.425. The molecule has 1 aromatic heterocycles. The van der Waals surface area contributed by atoms with Crippen LogP contribution < -0.4 is 16.0 Å². The normalized spacial score (nSPS) is 10.6. The summed E-state index contributed by atoms with van der Waals surface area (Å²) in [6.45, 7) is 3.24. The fourth-order valence-electron chi connectivity index (χ4n) is 1.37. The standard InChI is InChI=1S/C11H22N6/c1-16(2)7-5-13-10-8-11(15-9-14-10)17(3)6-4-12/h8-9H,4-7,12H2,1-3H3,(H,13,14,15). The number of hydrogen-bond donors (Lipinski definition) is 2. The highest BCUT2D eigenvalue weighted by atomic mass is 15.2. The van der Waals surface area contributed by atoms with E-state index in [1.54, 1.807) is 6.33 Å². The highest BCUT2D eigenvalue weighted by molar-refractivity contribution is 5.47. The van der Waals surface area contributed by atoms with Gasteiger partial charge in [-0.25, -0.2) is 9.97 Å². The molecule has 0 saturated heterocycles. The largest absolute Gasteiger partial charge is 0.369 e. The van der Waals surface area contributed by atoms with Crippen LogP contribution in [0.4, 0.5) is 11.6 Å². The van der Waals surface area contributed by atoms with Gasteiger partial charge in [0.2, 0.25) is 0 Å². The molecule has 6 nitrogen and oxygen atoms in total. The van der Waals surface area contributed by atoms with Gasteiger partial charge in [-0.2, -0.15) is 0 Å². The van der Waals surface area contributed by atoms with Crippen LogP contribution in [0, 0.1) is 0 Å². The first-order valence-electron chi connectivity index (χ1n) is 5.75. The molecule has 0 aliphatic rings. The van der Waals surface area contributed by atoms with E-state index in [1.165, 1.54) is 0 Å². The minimum atomic E-state index is 0.615. The van der Waals surface area contributed by atoms with E-state index >= 15 is 0 Å². The summed E-state index contributed by atoms with van der Waals surface area (Å²) in [5, 5.41) is 3.26. The molecular weight excluding hydrogens is 216 g/mol. The first kappa shape index (κ1) is 13.7. The van der Waals surface area contributed by atoms with Crippen LogP contribution in [-0.4, -0.2) is 62.2 Å². The molecular formula is C11H22N6. The van der Waals surface area contributed by atoms with E-state index in [1.807, 2.05) is 32.1 Å². The Labute approximate surface area is 103 Å². The van der Waals surface area contributed by atoms with E-state index in [0.717, 1.165) is 31.3 Å². The lowest BCUT2D eigenvalue weighted by Gasteiger charge is -2.17. The van der Waals surface area contributed by atoms with Gasteiger partial charge in [-0.05, 0) is 14.1 Å². The number of hydrogen-bond acceptors (Lipinski definition) is 6. The smallest absolute Gasteiger partial charge is 0.133 e. The van der Waals surface area contributed by atoms with E-state index < -0.39 is 0 Å². The number of aromatic nitrogens is 2. The Morgan fingerprint density at radius 2 is 2.00 bits per heavy atom. The van der Waals surface area contributed by atoms with Crippen LogP contribution in [0.3, 0.4) is 0 Å². The van der Waals surface area contributed by atoms with Crippen LogP contribution in [0.25, 0.3) is 0 Å². The van der Waals surface area contributed by atoms with Crippen molar-refractivity contribution in [2.75, 3.05) is 57.5 Å². The number of anilines is 2. The SMILES string of the molecule is CN(C)CCNc1cc(N(C)CCN)ncn1. The van der Waals surface area contributed by atoms with Gasteiger partial charge in [-0.3, -0.25) is 0 Å². The van der Waals surface area contributed by atoms with Crippen LogP contribution in [-0.2, 0) is 0 Å². The summed E-state index contributed by atoms with van der Waals surface area (Å²) in [7, 11) is 6.06. The van der Waals surface area contributed by atoms with Crippen LogP contribution in [0.1, 0.15) is 0 Å². The zero-order chi connectivity index (χ0) is 12.7. The first-order valence-corrected chi connectivity index (χ1v) is 5.75. The van der Waals surface area contributed by atoms with E-state index in [-0.39, 0.29) is 0 Å². The van der Waals surface area contributed by atoms with Crippen molar-refractivity contribution in [1.82, 2.24) is 14.9 Å². The summed E-state index contributed by atoms with van der Waals surface area (Å²) in [5.41, 5.74) is 5.51. The summed E-state index contributed by atoms with van der Waals surface area (Å²) >= 11 is 0. The number of nitrogens with two attached hydrogens (primary N) is 1. The van der Waals surface area contributed by atoms with Crippen molar-refractivity contribution in [3.8, 4) is 0 Å². The zero-order valence-electron chi connectivity index (χ0n) is 10.8. The van der Waals surface area contributed by atoms with Crippen molar-refractivity contribution in [1.29, 1.82) is 0 Å². The number of nitrogens with zero attached hydrogens (tertiary/aromatic N) is 4. The van der Waals surface area contributed by atoms with Gasteiger partial charge in [0.15, 0.2) is 0 Å². The summed E-state index contributed by atoms with van der Waals surface area (Å²) in [5.74, 6) is 1.73. The zero-order valence-corrected chi connectivity index (χ0v) is 10.8. The van der Waals surface area contributed by atoms with E-state index in [0.29, 0.717) is 6.54 Å². The van der Waals surface area contributed by atoms with Crippen molar-refractivity contribution in [3.63, 3.8) is 0 Å². The molecule has 0 fully saturated rings. The maximum absolute atomic E-state index is 5.51. The molecule has 0 aromatic carbocycles. The third-order valence-corrected chi connectivity index (χ3v) is 2.37. The Balaban J connectivity index is 2.53. The molecule has 0 spiro atoms. The molecule has 1 heterocycles. The van der Waals surface area contributed by atoms with Crippen molar-refractivity contribution in [2.45, 2.75) is 0 Å². The Morgan fingerprint density at radius 1 is 1.24 bits per heavy atom. The maximum Gasteiger partial charge on any atom is 0.133 e. The van der Waals surface area contributed by atoms with E-state index in [2.05, 4.69) is 20.2 Å². The molecule has 0 aliphatic heterocycles. The Hall–Kier alpha value is -1.40. The maximum atomic E-state index is 5.51. The summed E-state index contributed by atoms with van der Waals surface area (Å²) in [6.07, 6.45) is 1.57. The molecule has 1 rings (SSSR count). The lowest BCUT2D eigenvalue weighted by Crippen LogP contribution is -2.26. The second kappa shape index (κ2) is 7.03. The van der Waals surface area contributed by atoms with Gasteiger partial charge in [0, 0.05) is 39.3 Å². The quantitative estimate of drug-likeness (QED) is 0.688. The van der Waals surface area contributed by atoms with Crippen LogP contribution >= 0.6 is 0 Å². The second-order valence-electron chi connectivity index (χ2n) is 4.20. The molecule has 0 atom stereocenters. The minimum absolute atomic E-state index is 0.615. The molecule has 0 unspecified atom stereocenters. The van der Waals surface area contributed by atoms with Gasteiger partial charge in [0.25, 0.3) is 0 Å². The Kier molecular flexibility index (Phi) is 5.65. The van der Waals surface area contributed by atoms with Crippen molar-refractivity contribution in [3.05, 3.63) is 12.4 Å². The molecule has 0 aliphatic carbocycles. The predicted molar refractivity (Wildman–Crippen MR) is 71.4 cm³/mol. The molecule has 0 radical (unpaired) electrons. The van der Waals surface area contributed by atoms with Crippen LogP contribution in [0.15, 0.2) is 12.4 Å². The summed E-state index contributed by atoms with van der Waals surface area (Å²) < 4.78 is 0. The van der Waals surface area contributed by atoms with Gasteiger partial charge < -0.3 is 20.9 Å². The molecule has 6 heteroatoms. The molecule has 17 heavy (non-hydrogen) atoms. The first-order chi connectivity index (χ1) is 8.13. The average Bonchev–Trinajstić information content (AvgIpc) is 2.29. The number of rotatable bonds is 7. The van der Waals surface area contributed by atoms with Crippen LogP contribution in [0.2, 0.25) is 0 Å². The van der Waals surface area contributed by atoms with Crippen molar-refractivity contribution < 1.29 is 0 Å². The average molecular weight is 238 g/mol.